The first kappa shape index (κ1) is 18.9. The molecule has 0 aromatic heterocycles. The third kappa shape index (κ3) is 4.05. The van der Waals surface area contributed by atoms with E-state index in [0.29, 0.717) is 5.92 Å². The second kappa shape index (κ2) is 8.29. The van der Waals surface area contributed by atoms with E-state index in [1.54, 1.807) is 0 Å². The van der Waals surface area contributed by atoms with Crippen LogP contribution in [0.25, 0.3) is 0 Å². The largest absolute Gasteiger partial charge is 0.326 e. The molecule has 2 atom stereocenters. The maximum absolute atomic E-state index is 13.1. The lowest BCUT2D eigenvalue weighted by molar-refractivity contribution is -0.128. The molecule has 4 rings (SSSR count). The number of likely N-dealkylation sites (N-methyl/N-ethyl adjacent to an activating group) is 1. The lowest BCUT2D eigenvalue weighted by Gasteiger charge is -2.37. The predicted octanol–water partition coefficient (Wildman–Crippen LogP) is 2.54. The number of piperazine rings is 1. The summed E-state index contributed by atoms with van der Waals surface area (Å²) in [5.74, 6) is 0.730. The Morgan fingerprint density at radius 3 is 2.63 bits per heavy atom. The summed E-state index contributed by atoms with van der Waals surface area (Å²) in [5.41, 5.74) is 2.08. The van der Waals surface area contributed by atoms with Gasteiger partial charge in [0.1, 0.15) is 0 Å². The average Bonchev–Trinajstić information content (AvgIpc) is 3.15. The van der Waals surface area contributed by atoms with E-state index in [0.717, 1.165) is 51.4 Å². The van der Waals surface area contributed by atoms with Gasteiger partial charge in [-0.1, -0.05) is 31.9 Å². The third-order valence-electron chi connectivity index (χ3n) is 7.02. The van der Waals surface area contributed by atoms with Crippen LogP contribution < -0.4 is 10.6 Å². The molecule has 2 heterocycles. The van der Waals surface area contributed by atoms with Gasteiger partial charge in [-0.25, -0.2) is 0 Å². The highest BCUT2D eigenvalue weighted by Gasteiger charge is 2.49. The Morgan fingerprint density at radius 2 is 1.89 bits per heavy atom. The molecular formula is C22H34N4O. The summed E-state index contributed by atoms with van der Waals surface area (Å²) in [6, 6.07) is 8.49. The lowest BCUT2D eigenvalue weighted by atomic mass is 9.67. The van der Waals surface area contributed by atoms with Gasteiger partial charge >= 0.3 is 0 Å². The van der Waals surface area contributed by atoms with Gasteiger partial charge in [0, 0.05) is 45.0 Å². The molecule has 5 nitrogen and oxygen atoms in total. The Hall–Kier alpha value is -1.43. The minimum Gasteiger partial charge on any atom is -0.326 e. The molecule has 2 N–H and O–H groups in total. The van der Waals surface area contributed by atoms with E-state index in [1.165, 1.54) is 37.9 Å². The fraction of sp³-hybridized carbons (Fsp3) is 0.682. The van der Waals surface area contributed by atoms with Crippen molar-refractivity contribution in [3.05, 3.63) is 29.8 Å². The molecule has 1 aromatic rings. The Balaban J connectivity index is 1.33. The number of hydrogen-bond donors (Lipinski definition) is 2. The quantitative estimate of drug-likeness (QED) is 0.836. The van der Waals surface area contributed by atoms with Crippen molar-refractivity contribution in [2.75, 3.05) is 51.1 Å². The number of carbonyl (C=O) groups is 1. The van der Waals surface area contributed by atoms with E-state index in [4.69, 9.17) is 0 Å². The third-order valence-corrected chi connectivity index (χ3v) is 7.02. The molecule has 3 aliphatic rings. The van der Waals surface area contributed by atoms with Gasteiger partial charge in [0.05, 0.1) is 5.41 Å². The standard InChI is InChI=1S/C22H34N4O/c1-2-25-11-13-26(14-12-25)16-18-6-8-20(9-7-18)24-21(27)22-10-4-3-5-19(22)15-23-17-22/h6-9,19,23H,2-5,10-17H2,1H3,(H,24,27)/t19-,22+/m0/s1. The van der Waals surface area contributed by atoms with E-state index in [1.807, 2.05) is 0 Å². The molecule has 27 heavy (non-hydrogen) atoms. The minimum absolute atomic E-state index is 0.185. The van der Waals surface area contributed by atoms with E-state index >= 15 is 0 Å². The second-order valence-corrected chi connectivity index (χ2v) is 8.59. The fourth-order valence-corrected chi connectivity index (χ4v) is 5.16. The molecule has 1 amide bonds. The Kier molecular flexibility index (Phi) is 5.81. The van der Waals surface area contributed by atoms with Crippen molar-refractivity contribution in [2.24, 2.45) is 11.3 Å². The molecule has 5 heteroatoms. The molecule has 2 aliphatic heterocycles. The van der Waals surface area contributed by atoms with Gasteiger partial charge in [0.2, 0.25) is 5.91 Å². The van der Waals surface area contributed by atoms with Crippen LogP contribution in [0.1, 0.15) is 38.2 Å². The van der Waals surface area contributed by atoms with Crippen molar-refractivity contribution in [3.8, 4) is 0 Å². The molecule has 2 saturated heterocycles. The van der Waals surface area contributed by atoms with Crippen molar-refractivity contribution in [1.82, 2.24) is 15.1 Å². The topological polar surface area (TPSA) is 47.6 Å². The number of hydrogen-bond acceptors (Lipinski definition) is 4. The predicted molar refractivity (Wildman–Crippen MR) is 110 cm³/mol. The molecule has 1 saturated carbocycles. The van der Waals surface area contributed by atoms with Gasteiger partial charge in [-0.05, 0) is 49.5 Å². The zero-order chi connectivity index (χ0) is 18.7. The van der Waals surface area contributed by atoms with Crippen LogP contribution >= 0.6 is 0 Å². The number of benzene rings is 1. The maximum atomic E-state index is 13.1. The van der Waals surface area contributed by atoms with Crippen LogP contribution in [0.4, 0.5) is 5.69 Å². The van der Waals surface area contributed by atoms with Crippen molar-refractivity contribution < 1.29 is 4.79 Å². The molecule has 1 aromatic carbocycles. The van der Waals surface area contributed by atoms with Gasteiger partial charge in [-0.3, -0.25) is 9.69 Å². The summed E-state index contributed by atoms with van der Waals surface area (Å²) in [6.07, 6.45) is 4.65. The molecule has 3 fully saturated rings. The summed E-state index contributed by atoms with van der Waals surface area (Å²) in [5, 5.41) is 6.68. The molecule has 0 radical (unpaired) electrons. The van der Waals surface area contributed by atoms with E-state index in [9.17, 15) is 4.79 Å². The molecule has 0 bridgehead atoms. The minimum atomic E-state index is -0.185. The molecule has 148 valence electrons. The molecule has 1 aliphatic carbocycles. The molecule has 0 unspecified atom stereocenters. The summed E-state index contributed by atoms with van der Waals surface area (Å²) >= 11 is 0. The first-order valence-corrected chi connectivity index (χ1v) is 10.8. The zero-order valence-corrected chi connectivity index (χ0v) is 16.7. The van der Waals surface area contributed by atoms with Gasteiger partial charge in [-0.2, -0.15) is 0 Å². The van der Waals surface area contributed by atoms with E-state index in [-0.39, 0.29) is 11.3 Å². The Bertz CT molecular complexity index is 638. The van der Waals surface area contributed by atoms with Crippen LogP contribution in [0.2, 0.25) is 0 Å². The summed E-state index contributed by atoms with van der Waals surface area (Å²) < 4.78 is 0. The number of nitrogens with one attached hydrogen (secondary N) is 2. The SMILES string of the molecule is CCN1CCN(Cc2ccc(NC(=O)[C@@]34CCCC[C@H]3CNC4)cc2)CC1. The van der Waals surface area contributed by atoms with Gasteiger partial charge in [0.15, 0.2) is 0 Å². The zero-order valence-electron chi connectivity index (χ0n) is 16.7. The number of fused-ring (bicyclic) bond motifs is 1. The Morgan fingerprint density at radius 1 is 1.15 bits per heavy atom. The monoisotopic (exact) mass is 370 g/mol. The van der Waals surface area contributed by atoms with Crippen LogP contribution in [-0.4, -0.2) is 61.5 Å². The van der Waals surface area contributed by atoms with Crippen LogP contribution in [0.5, 0.6) is 0 Å². The van der Waals surface area contributed by atoms with Gasteiger partial charge in [0.25, 0.3) is 0 Å². The maximum Gasteiger partial charge on any atom is 0.232 e. The van der Waals surface area contributed by atoms with E-state index < -0.39 is 0 Å². The van der Waals surface area contributed by atoms with E-state index in [2.05, 4.69) is 51.6 Å². The average molecular weight is 371 g/mol. The molecular weight excluding hydrogens is 336 g/mol. The molecule has 0 spiro atoms. The number of carbonyl (C=O) groups excluding carboxylic acids is 1. The van der Waals surface area contributed by atoms with Crippen molar-refractivity contribution in [1.29, 1.82) is 0 Å². The summed E-state index contributed by atoms with van der Waals surface area (Å²) in [6.45, 7) is 10.8. The fourth-order valence-electron chi connectivity index (χ4n) is 5.16. The first-order chi connectivity index (χ1) is 13.2. The van der Waals surface area contributed by atoms with Crippen LogP contribution in [0.3, 0.4) is 0 Å². The second-order valence-electron chi connectivity index (χ2n) is 8.59. The van der Waals surface area contributed by atoms with Crippen LogP contribution in [-0.2, 0) is 11.3 Å². The van der Waals surface area contributed by atoms with Crippen LogP contribution in [0, 0.1) is 11.3 Å². The van der Waals surface area contributed by atoms with Crippen molar-refractivity contribution in [3.63, 3.8) is 0 Å². The number of anilines is 1. The highest BCUT2D eigenvalue weighted by atomic mass is 16.2. The summed E-state index contributed by atoms with van der Waals surface area (Å²) in [7, 11) is 0. The van der Waals surface area contributed by atoms with Crippen molar-refractivity contribution >= 4 is 11.6 Å². The highest BCUT2D eigenvalue weighted by molar-refractivity contribution is 5.96. The smallest absolute Gasteiger partial charge is 0.232 e. The number of amides is 1. The number of rotatable bonds is 5. The summed E-state index contributed by atoms with van der Waals surface area (Å²) in [4.78, 5) is 18.1. The lowest BCUT2D eigenvalue weighted by Crippen LogP contribution is -2.45. The van der Waals surface area contributed by atoms with Gasteiger partial charge < -0.3 is 15.5 Å². The number of nitrogens with zero attached hydrogens (tertiary/aromatic N) is 2. The Labute approximate surface area is 163 Å². The highest BCUT2D eigenvalue weighted by Crippen LogP contribution is 2.44. The van der Waals surface area contributed by atoms with Crippen molar-refractivity contribution in [2.45, 2.75) is 39.2 Å². The van der Waals surface area contributed by atoms with Gasteiger partial charge in [-0.15, -0.1) is 0 Å². The van der Waals surface area contributed by atoms with Crippen LogP contribution in [0.15, 0.2) is 24.3 Å². The normalized spacial score (nSPS) is 29.4. The first-order valence-electron chi connectivity index (χ1n) is 10.8.